The van der Waals surface area contributed by atoms with Crippen molar-refractivity contribution in [3.8, 4) is 0 Å². The van der Waals surface area contributed by atoms with Crippen LogP contribution < -0.4 is 0 Å². The molecule has 0 amide bonds. The van der Waals surface area contributed by atoms with Crippen LogP contribution >= 0.6 is 15.9 Å². The Kier molecular flexibility index (Phi) is 5.24. The van der Waals surface area contributed by atoms with Gasteiger partial charge in [0, 0.05) is 7.11 Å². The molecular weight excluding hydrogens is 296 g/mol. The predicted molar refractivity (Wildman–Crippen MR) is 75.9 cm³/mol. The van der Waals surface area contributed by atoms with Crippen molar-refractivity contribution in [1.82, 2.24) is 0 Å². The summed E-state index contributed by atoms with van der Waals surface area (Å²) in [4.78, 5) is 11.3. The quantitative estimate of drug-likeness (QED) is 0.589. The average Bonchev–Trinajstić information content (AvgIpc) is 2.35. The summed E-state index contributed by atoms with van der Waals surface area (Å²) in [7, 11) is 3.11. The summed E-state index contributed by atoms with van der Waals surface area (Å²) in [6.07, 6.45) is 3.99. The van der Waals surface area contributed by atoms with Crippen molar-refractivity contribution < 1.29 is 14.3 Å². The van der Waals surface area contributed by atoms with E-state index >= 15 is 0 Å². The van der Waals surface area contributed by atoms with E-state index in [0.717, 1.165) is 25.7 Å². The SMILES string of the molecule is COC(=O)C(Br)C1(OC)CCC(C(C)(C)C)CC1. The van der Waals surface area contributed by atoms with Crippen molar-refractivity contribution in [2.75, 3.05) is 14.2 Å². The topological polar surface area (TPSA) is 35.5 Å². The molecule has 1 aliphatic carbocycles. The fraction of sp³-hybridized carbons (Fsp3) is 0.929. The summed E-state index contributed by atoms with van der Waals surface area (Å²) in [5.74, 6) is 0.448. The van der Waals surface area contributed by atoms with Gasteiger partial charge in [0.05, 0.1) is 12.7 Å². The molecule has 0 N–H and O–H groups in total. The second-order valence-corrected chi connectivity index (χ2v) is 7.21. The molecule has 0 aromatic carbocycles. The van der Waals surface area contributed by atoms with E-state index in [1.54, 1.807) is 7.11 Å². The lowest BCUT2D eigenvalue weighted by molar-refractivity contribution is -0.148. The highest BCUT2D eigenvalue weighted by Gasteiger charge is 2.46. The highest BCUT2D eigenvalue weighted by atomic mass is 79.9. The second kappa shape index (κ2) is 5.91. The smallest absolute Gasteiger partial charge is 0.322 e. The normalized spacial score (nSPS) is 30.9. The number of esters is 1. The number of carbonyl (C=O) groups excluding carboxylic acids is 1. The fourth-order valence-electron chi connectivity index (χ4n) is 2.85. The molecule has 1 saturated carbocycles. The first-order valence-electron chi connectivity index (χ1n) is 6.54. The van der Waals surface area contributed by atoms with Gasteiger partial charge in [0.25, 0.3) is 0 Å². The van der Waals surface area contributed by atoms with Crippen molar-refractivity contribution in [2.24, 2.45) is 11.3 Å². The van der Waals surface area contributed by atoms with Crippen LogP contribution in [-0.4, -0.2) is 30.6 Å². The van der Waals surface area contributed by atoms with E-state index in [4.69, 9.17) is 9.47 Å². The molecule has 0 aromatic heterocycles. The predicted octanol–water partition coefficient (Wildman–Crippen LogP) is 3.54. The van der Waals surface area contributed by atoms with E-state index in [0.29, 0.717) is 11.3 Å². The lowest BCUT2D eigenvalue weighted by atomic mass is 9.67. The van der Waals surface area contributed by atoms with Gasteiger partial charge in [-0.1, -0.05) is 36.7 Å². The zero-order valence-electron chi connectivity index (χ0n) is 12.1. The summed E-state index contributed by atoms with van der Waals surface area (Å²) < 4.78 is 10.5. The van der Waals surface area contributed by atoms with Gasteiger partial charge in [0.15, 0.2) is 0 Å². The van der Waals surface area contributed by atoms with Crippen molar-refractivity contribution in [2.45, 2.75) is 56.9 Å². The van der Waals surface area contributed by atoms with E-state index in [-0.39, 0.29) is 10.8 Å². The van der Waals surface area contributed by atoms with Crippen LogP contribution in [0.25, 0.3) is 0 Å². The maximum atomic E-state index is 11.7. The Morgan fingerprint density at radius 1 is 1.28 bits per heavy atom. The third-order valence-corrected chi connectivity index (χ3v) is 5.54. The zero-order chi connectivity index (χ0) is 14.0. The number of carbonyl (C=O) groups is 1. The van der Waals surface area contributed by atoms with E-state index < -0.39 is 5.60 Å². The van der Waals surface area contributed by atoms with Crippen molar-refractivity contribution in [3.05, 3.63) is 0 Å². The summed E-state index contributed by atoms with van der Waals surface area (Å²) in [5.41, 5.74) is -0.0815. The van der Waals surface area contributed by atoms with Crippen molar-refractivity contribution in [1.29, 1.82) is 0 Å². The van der Waals surface area contributed by atoms with E-state index in [9.17, 15) is 4.79 Å². The monoisotopic (exact) mass is 320 g/mol. The third kappa shape index (κ3) is 3.27. The molecule has 0 spiro atoms. The Labute approximate surface area is 119 Å². The number of halogens is 1. The number of alkyl halides is 1. The fourth-order valence-corrected chi connectivity index (χ4v) is 3.68. The van der Waals surface area contributed by atoms with Gasteiger partial charge in [-0.25, -0.2) is 0 Å². The van der Waals surface area contributed by atoms with Gasteiger partial charge in [0.2, 0.25) is 0 Å². The molecule has 3 nitrogen and oxygen atoms in total. The molecule has 0 aromatic rings. The van der Waals surface area contributed by atoms with Crippen LogP contribution in [0, 0.1) is 11.3 Å². The Morgan fingerprint density at radius 2 is 1.78 bits per heavy atom. The van der Waals surface area contributed by atoms with Gasteiger partial charge in [-0.2, -0.15) is 0 Å². The van der Waals surface area contributed by atoms with E-state index in [1.807, 2.05) is 0 Å². The van der Waals surface area contributed by atoms with E-state index in [1.165, 1.54) is 7.11 Å². The summed E-state index contributed by atoms with van der Waals surface area (Å²) in [6, 6.07) is 0. The average molecular weight is 321 g/mol. The standard InChI is InChI=1S/C14H25BrO3/c1-13(2,3)10-6-8-14(18-5,9-7-10)11(15)12(16)17-4/h10-11H,6-9H2,1-5H3. The van der Waals surface area contributed by atoms with Crippen LogP contribution in [0.3, 0.4) is 0 Å². The molecule has 1 atom stereocenters. The van der Waals surface area contributed by atoms with Gasteiger partial charge >= 0.3 is 5.97 Å². The lowest BCUT2D eigenvalue weighted by Crippen LogP contribution is -2.49. The summed E-state index contributed by atoms with van der Waals surface area (Å²) >= 11 is 3.45. The molecule has 1 aliphatic rings. The first kappa shape index (κ1) is 16.0. The van der Waals surface area contributed by atoms with Gasteiger partial charge in [-0.15, -0.1) is 0 Å². The molecule has 106 valence electrons. The first-order chi connectivity index (χ1) is 8.27. The Morgan fingerprint density at radius 3 is 2.11 bits per heavy atom. The molecule has 1 rings (SSSR count). The van der Waals surface area contributed by atoms with E-state index in [2.05, 4.69) is 36.7 Å². The first-order valence-corrected chi connectivity index (χ1v) is 7.45. The molecule has 0 aliphatic heterocycles. The lowest BCUT2D eigenvalue weighted by Gasteiger charge is -2.44. The van der Waals surface area contributed by atoms with Crippen LogP contribution in [0.1, 0.15) is 46.5 Å². The van der Waals surface area contributed by atoms with Gasteiger partial charge in [-0.3, -0.25) is 4.79 Å². The molecule has 0 saturated heterocycles. The van der Waals surface area contributed by atoms with Crippen LogP contribution in [-0.2, 0) is 14.3 Å². The Hall–Kier alpha value is -0.0900. The van der Waals surface area contributed by atoms with Crippen LogP contribution in [0.15, 0.2) is 0 Å². The third-order valence-electron chi connectivity index (χ3n) is 4.33. The minimum atomic E-state index is -0.408. The molecule has 0 bridgehead atoms. The molecule has 1 unspecified atom stereocenters. The molecule has 18 heavy (non-hydrogen) atoms. The summed E-state index contributed by atoms with van der Waals surface area (Å²) in [5, 5.41) is 0. The van der Waals surface area contributed by atoms with Crippen LogP contribution in [0.4, 0.5) is 0 Å². The highest BCUT2D eigenvalue weighted by molar-refractivity contribution is 9.10. The van der Waals surface area contributed by atoms with Gasteiger partial charge < -0.3 is 9.47 Å². The largest absolute Gasteiger partial charge is 0.468 e. The maximum Gasteiger partial charge on any atom is 0.322 e. The number of methoxy groups -OCH3 is 2. The minimum absolute atomic E-state index is 0.244. The van der Waals surface area contributed by atoms with Crippen LogP contribution in [0.2, 0.25) is 0 Å². The molecule has 0 heterocycles. The Bertz CT molecular complexity index is 288. The van der Waals surface area contributed by atoms with Crippen LogP contribution in [0.5, 0.6) is 0 Å². The van der Waals surface area contributed by atoms with Crippen molar-refractivity contribution >= 4 is 21.9 Å². The van der Waals surface area contributed by atoms with Crippen molar-refractivity contribution in [3.63, 3.8) is 0 Å². The number of hydrogen-bond acceptors (Lipinski definition) is 3. The highest BCUT2D eigenvalue weighted by Crippen LogP contribution is 2.45. The second-order valence-electron chi connectivity index (χ2n) is 6.29. The van der Waals surface area contributed by atoms with Gasteiger partial charge in [0.1, 0.15) is 4.83 Å². The Balaban J connectivity index is 2.74. The minimum Gasteiger partial charge on any atom is -0.468 e. The summed E-state index contributed by atoms with van der Waals surface area (Å²) in [6.45, 7) is 6.84. The maximum absolute atomic E-state index is 11.7. The zero-order valence-corrected chi connectivity index (χ0v) is 13.7. The number of rotatable bonds is 3. The molecule has 1 fully saturated rings. The van der Waals surface area contributed by atoms with Gasteiger partial charge in [-0.05, 0) is 37.0 Å². The number of ether oxygens (including phenoxy) is 2. The molecular formula is C14H25BrO3. The number of hydrogen-bond donors (Lipinski definition) is 0. The molecule has 0 radical (unpaired) electrons. The molecule has 4 heteroatoms.